The first-order chi connectivity index (χ1) is 11.9. The van der Waals surface area contributed by atoms with E-state index in [0.29, 0.717) is 11.1 Å². The first-order valence-corrected chi connectivity index (χ1v) is 8.43. The van der Waals surface area contributed by atoms with Crippen molar-refractivity contribution in [1.29, 1.82) is 10.8 Å². The number of rotatable bonds is 5. The Morgan fingerprint density at radius 2 is 1.12 bits per heavy atom. The molecular formula is C18H26N4O4. The van der Waals surface area contributed by atoms with Gasteiger partial charge in [0.15, 0.2) is 0 Å². The average molecular weight is 362 g/mol. The lowest BCUT2D eigenvalue weighted by molar-refractivity contribution is -0.118. The van der Waals surface area contributed by atoms with Gasteiger partial charge in [-0.3, -0.25) is 20.4 Å². The Balaban J connectivity index is 1.90. The summed E-state index contributed by atoms with van der Waals surface area (Å²) in [5.41, 5.74) is 0.516. The molecule has 2 aliphatic rings. The summed E-state index contributed by atoms with van der Waals surface area (Å²) in [6.45, 7) is 11.1. The molecule has 0 fully saturated rings. The molecule has 8 nitrogen and oxygen atoms in total. The van der Waals surface area contributed by atoms with E-state index in [9.17, 15) is 9.59 Å². The standard InChI is InChI=1S/C18H26N4O4/c1-9-11(13(19)25-17(9,3)4)15(23)21-7-8-22-16(24)12-10(2)18(5,6)26-14(12)20/h19-20H,7-8H2,1-6H3,(H,21,23)(H,22,24). The average Bonchev–Trinajstić information content (AvgIpc) is 2.83. The minimum atomic E-state index is -0.669. The highest BCUT2D eigenvalue weighted by molar-refractivity contribution is 6.20. The van der Waals surface area contributed by atoms with Crippen molar-refractivity contribution in [3.05, 3.63) is 22.3 Å². The van der Waals surface area contributed by atoms with Gasteiger partial charge >= 0.3 is 0 Å². The summed E-state index contributed by atoms with van der Waals surface area (Å²) in [5, 5.41) is 21.0. The maximum Gasteiger partial charge on any atom is 0.256 e. The van der Waals surface area contributed by atoms with Gasteiger partial charge in [-0.25, -0.2) is 0 Å². The Hall–Kier alpha value is -2.64. The molecule has 26 heavy (non-hydrogen) atoms. The van der Waals surface area contributed by atoms with Crippen LogP contribution in [-0.4, -0.2) is 47.9 Å². The normalized spacial score (nSPS) is 20.8. The molecule has 0 bridgehead atoms. The van der Waals surface area contributed by atoms with Gasteiger partial charge in [-0.15, -0.1) is 0 Å². The van der Waals surface area contributed by atoms with Crippen LogP contribution in [0.2, 0.25) is 0 Å². The molecule has 0 radical (unpaired) electrons. The van der Waals surface area contributed by atoms with Crippen LogP contribution in [0, 0.1) is 10.8 Å². The zero-order valence-corrected chi connectivity index (χ0v) is 16.0. The summed E-state index contributed by atoms with van der Waals surface area (Å²) >= 11 is 0. The molecule has 0 saturated heterocycles. The smallest absolute Gasteiger partial charge is 0.256 e. The van der Waals surface area contributed by atoms with E-state index in [1.807, 2.05) is 0 Å². The highest BCUT2D eigenvalue weighted by atomic mass is 16.5. The Bertz CT molecular complexity index is 695. The second-order valence-electron chi connectivity index (χ2n) is 7.39. The lowest BCUT2D eigenvalue weighted by atomic mass is 9.97. The number of carbonyl (C=O) groups excluding carboxylic acids is 2. The zero-order valence-electron chi connectivity index (χ0n) is 16.0. The van der Waals surface area contributed by atoms with Crippen LogP contribution in [0.1, 0.15) is 41.5 Å². The minimum absolute atomic E-state index is 0.145. The first-order valence-electron chi connectivity index (χ1n) is 8.43. The lowest BCUT2D eigenvalue weighted by Gasteiger charge is -2.18. The predicted octanol–water partition coefficient (Wildman–Crippen LogP) is 1.42. The highest BCUT2D eigenvalue weighted by Crippen LogP contribution is 2.32. The van der Waals surface area contributed by atoms with Gasteiger partial charge in [-0.2, -0.15) is 0 Å². The van der Waals surface area contributed by atoms with Gasteiger partial charge in [0, 0.05) is 13.1 Å². The van der Waals surface area contributed by atoms with Crippen LogP contribution in [0.4, 0.5) is 0 Å². The monoisotopic (exact) mass is 362 g/mol. The Labute approximate surface area is 153 Å². The highest BCUT2D eigenvalue weighted by Gasteiger charge is 2.39. The van der Waals surface area contributed by atoms with Crippen LogP contribution in [0.3, 0.4) is 0 Å². The van der Waals surface area contributed by atoms with Crippen LogP contribution < -0.4 is 10.6 Å². The second kappa shape index (κ2) is 6.59. The number of ether oxygens (including phenoxy) is 2. The summed E-state index contributed by atoms with van der Waals surface area (Å²) in [7, 11) is 0. The third-order valence-electron chi connectivity index (χ3n) is 4.87. The van der Waals surface area contributed by atoms with E-state index in [1.54, 1.807) is 41.5 Å². The van der Waals surface area contributed by atoms with E-state index in [0.717, 1.165) is 0 Å². The van der Waals surface area contributed by atoms with Crippen LogP contribution in [0.15, 0.2) is 22.3 Å². The molecule has 0 spiro atoms. The van der Waals surface area contributed by atoms with Crippen molar-refractivity contribution in [3.8, 4) is 0 Å². The SMILES string of the molecule is CC1=C(C(=O)NCCNC(=O)C2=C(C)C(C)(C)OC2=N)C(=N)OC1(C)C. The fourth-order valence-electron chi connectivity index (χ4n) is 2.78. The van der Waals surface area contributed by atoms with Gasteiger partial charge in [-0.05, 0) is 52.7 Å². The largest absolute Gasteiger partial charge is 0.467 e. The summed E-state index contributed by atoms with van der Waals surface area (Å²) in [4.78, 5) is 24.6. The summed E-state index contributed by atoms with van der Waals surface area (Å²) in [5.74, 6) is -1.09. The number of carbonyl (C=O) groups is 2. The molecule has 2 amide bonds. The number of nitrogens with one attached hydrogen (secondary N) is 4. The van der Waals surface area contributed by atoms with Crippen LogP contribution >= 0.6 is 0 Å². The van der Waals surface area contributed by atoms with Gasteiger partial charge in [0.05, 0.1) is 0 Å². The second-order valence-corrected chi connectivity index (χ2v) is 7.39. The summed E-state index contributed by atoms with van der Waals surface area (Å²) in [6.07, 6.45) is 0. The van der Waals surface area contributed by atoms with Crippen molar-refractivity contribution in [2.75, 3.05) is 13.1 Å². The molecule has 0 aromatic heterocycles. The van der Waals surface area contributed by atoms with Crippen LogP contribution in [-0.2, 0) is 19.1 Å². The van der Waals surface area contributed by atoms with Gasteiger partial charge in [-0.1, -0.05) is 0 Å². The van der Waals surface area contributed by atoms with Crippen molar-refractivity contribution in [3.63, 3.8) is 0 Å². The quantitative estimate of drug-likeness (QED) is 0.552. The van der Waals surface area contributed by atoms with Crippen molar-refractivity contribution >= 4 is 23.6 Å². The van der Waals surface area contributed by atoms with Crippen molar-refractivity contribution < 1.29 is 19.1 Å². The maximum absolute atomic E-state index is 12.3. The number of hydrogen-bond acceptors (Lipinski definition) is 6. The molecule has 2 rings (SSSR count). The number of hydrogen-bond donors (Lipinski definition) is 4. The predicted molar refractivity (Wildman–Crippen MR) is 97.2 cm³/mol. The molecule has 0 aromatic rings. The van der Waals surface area contributed by atoms with Crippen molar-refractivity contribution in [2.45, 2.75) is 52.7 Å². The van der Waals surface area contributed by atoms with Gasteiger partial charge in [0.2, 0.25) is 11.8 Å². The van der Waals surface area contributed by atoms with E-state index in [2.05, 4.69) is 10.6 Å². The third-order valence-corrected chi connectivity index (χ3v) is 4.87. The van der Waals surface area contributed by atoms with E-state index >= 15 is 0 Å². The van der Waals surface area contributed by atoms with Gasteiger partial charge < -0.3 is 20.1 Å². The van der Waals surface area contributed by atoms with E-state index in [4.69, 9.17) is 20.3 Å². The molecule has 0 saturated carbocycles. The summed E-state index contributed by atoms with van der Waals surface area (Å²) < 4.78 is 10.8. The zero-order chi connectivity index (χ0) is 19.9. The Kier molecular flexibility index (Phi) is 4.98. The maximum atomic E-state index is 12.3. The van der Waals surface area contributed by atoms with E-state index in [-0.39, 0.29) is 36.0 Å². The fourth-order valence-corrected chi connectivity index (χ4v) is 2.78. The summed E-state index contributed by atoms with van der Waals surface area (Å²) in [6, 6.07) is 0. The molecule has 2 aliphatic heterocycles. The van der Waals surface area contributed by atoms with Crippen molar-refractivity contribution in [2.24, 2.45) is 0 Å². The minimum Gasteiger partial charge on any atom is -0.467 e. The molecular weight excluding hydrogens is 336 g/mol. The lowest BCUT2D eigenvalue weighted by Crippen LogP contribution is -2.37. The number of amides is 2. The Morgan fingerprint density at radius 3 is 1.35 bits per heavy atom. The molecule has 8 heteroatoms. The topological polar surface area (TPSA) is 124 Å². The Morgan fingerprint density at radius 1 is 0.808 bits per heavy atom. The van der Waals surface area contributed by atoms with Crippen LogP contribution in [0.25, 0.3) is 0 Å². The molecule has 142 valence electrons. The molecule has 0 unspecified atom stereocenters. The molecule has 0 aliphatic carbocycles. The molecule has 2 heterocycles. The van der Waals surface area contributed by atoms with E-state index in [1.165, 1.54) is 0 Å². The van der Waals surface area contributed by atoms with Crippen molar-refractivity contribution in [1.82, 2.24) is 10.6 Å². The molecule has 0 aromatic carbocycles. The first kappa shape index (κ1) is 19.7. The molecule has 0 atom stereocenters. The van der Waals surface area contributed by atoms with Gasteiger partial charge in [0.1, 0.15) is 22.3 Å². The van der Waals surface area contributed by atoms with Crippen LogP contribution in [0.5, 0.6) is 0 Å². The van der Waals surface area contributed by atoms with E-state index < -0.39 is 23.0 Å². The third kappa shape index (κ3) is 3.49. The fraction of sp³-hybridized carbons (Fsp3) is 0.556. The molecule has 4 N–H and O–H groups in total. The van der Waals surface area contributed by atoms with Gasteiger partial charge in [0.25, 0.3) is 11.8 Å².